The normalized spacial score (nSPS) is 14.3. The van der Waals surface area contributed by atoms with E-state index in [1.54, 1.807) is 0 Å². The van der Waals surface area contributed by atoms with E-state index in [1.807, 2.05) is 138 Å². The molecule has 15 rings (SSSR count). The fraction of sp³-hybridized carbons (Fsp3) is 0.484. The lowest BCUT2D eigenvalue weighted by Crippen LogP contribution is -2.42. The van der Waals surface area contributed by atoms with E-state index >= 15 is 0 Å². The molecule has 5 aliphatic carbocycles. The van der Waals surface area contributed by atoms with Gasteiger partial charge in [0, 0.05) is 78.4 Å². The molecule has 10 aromatic rings. The maximum absolute atomic E-state index is 12.2. The van der Waals surface area contributed by atoms with Gasteiger partial charge in [-0.2, -0.15) is 0 Å². The second-order valence-corrected chi connectivity index (χ2v) is 40.9. The molecule has 0 aromatic heterocycles. The minimum Gasteiger partial charge on any atom is -0.300 e. The van der Waals surface area contributed by atoms with E-state index < -0.39 is 0 Å². The Morgan fingerprint density at radius 1 is 0.169 bits per heavy atom. The number of aryl methyl sites for hydroxylation is 10. The fourth-order valence-corrected chi connectivity index (χ4v) is 16.6. The van der Waals surface area contributed by atoms with Crippen molar-refractivity contribution in [2.75, 3.05) is 0 Å². The van der Waals surface area contributed by atoms with Gasteiger partial charge in [-0.15, -0.1) is 34.7 Å². The first kappa shape index (κ1) is 128. The second kappa shape index (κ2) is 70.6. The zero-order chi connectivity index (χ0) is 97.8. The van der Waals surface area contributed by atoms with E-state index in [1.165, 1.54) is 137 Å². The molecule has 0 amide bonds. The number of rotatable bonds is 10. The van der Waals surface area contributed by atoms with Crippen molar-refractivity contribution in [3.63, 3.8) is 0 Å². The van der Waals surface area contributed by atoms with Gasteiger partial charge < -0.3 is 0 Å². The maximum atomic E-state index is 12.2. The van der Waals surface area contributed by atoms with Crippen LogP contribution in [0.25, 0.3) is 0 Å². The highest BCUT2D eigenvalue weighted by Gasteiger charge is 2.47. The van der Waals surface area contributed by atoms with Crippen molar-refractivity contribution < 1.29 is 19.2 Å². The number of Topliss-reactive ketones (excluding diaryl/α,β-unsaturated/α-hetero) is 4. The Labute approximate surface area is 812 Å². The minimum absolute atomic E-state index is 0. The molecule has 0 radical (unpaired) electrons. The summed E-state index contributed by atoms with van der Waals surface area (Å²) in [7, 11) is 0. The van der Waals surface area contributed by atoms with Crippen molar-refractivity contribution in [2.24, 2.45) is 0 Å². The Balaban J connectivity index is -0.000000709. The van der Waals surface area contributed by atoms with E-state index in [0.717, 1.165) is 38.5 Å². The topological polar surface area (TPSA) is 68.3 Å². The van der Waals surface area contributed by atoms with Gasteiger partial charge in [-0.3, -0.25) is 19.2 Å². The third kappa shape index (κ3) is 40.0. The number of carbonyl (C=O) groups is 4. The molecule has 0 spiro atoms. The van der Waals surface area contributed by atoms with Crippen LogP contribution in [-0.2, 0) is 46.3 Å². The first-order valence-electron chi connectivity index (χ1n) is 50.4. The van der Waals surface area contributed by atoms with Crippen LogP contribution in [0.3, 0.4) is 0 Å². The molecule has 4 nitrogen and oxygen atoms in total. The van der Waals surface area contributed by atoms with Crippen LogP contribution in [0, 0.1) is 69.2 Å². The molecule has 0 N–H and O–H groups in total. The molecule has 0 aliphatic heterocycles. The summed E-state index contributed by atoms with van der Waals surface area (Å²) in [5.41, 5.74) is 26.1. The summed E-state index contributed by atoms with van der Waals surface area (Å²) in [6.07, 6.45) is 15.5. The molecule has 0 bridgehead atoms. The van der Waals surface area contributed by atoms with Gasteiger partial charge in [-0.05, 0) is 170 Å². The molecular formula is C124H190Al2O4. The molecular weight excluding hydrogens is 1610 g/mol. The third-order valence-electron chi connectivity index (χ3n) is 23.0. The lowest BCUT2D eigenvalue weighted by Gasteiger charge is -2.41. The molecule has 5 fully saturated rings. The smallest absolute Gasteiger partial charge is 0.251 e. The second-order valence-electron chi connectivity index (χ2n) is 34.0. The van der Waals surface area contributed by atoms with Gasteiger partial charge in [0.25, 0.3) is 28.3 Å². The molecule has 716 valence electrons. The Morgan fingerprint density at radius 2 is 0.300 bits per heavy atom. The van der Waals surface area contributed by atoms with Crippen molar-refractivity contribution in [1.29, 1.82) is 0 Å². The lowest BCUT2D eigenvalue weighted by molar-refractivity contribution is -0.127. The van der Waals surface area contributed by atoms with Gasteiger partial charge in [-0.25, -0.2) is 0 Å². The number of hydrogen-bond donors (Lipinski definition) is 0. The van der Waals surface area contributed by atoms with Crippen LogP contribution in [0.15, 0.2) is 243 Å². The summed E-state index contributed by atoms with van der Waals surface area (Å²) in [6.45, 7) is 61.2. The first-order valence-corrected chi connectivity index (χ1v) is 57.3. The molecule has 0 heterocycles. The summed E-state index contributed by atoms with van der Waals surface area (Å²) in [5.74, 6) is 15.4. The van der Waals surface area contributed by atoms with Gasteiger partial charge in [0.15, 0.2) is 0 Å². The number of ketones is 4. The predicted molar refractivity (Wildman–Crippen MR) is 588 cm³/mol. The van der Waals surface area contributed by atoms with Crippen molar-refractivity contribution in [3.05, 3.63) is 354 Å². The van der Waals surface area contributed by atoms with E-state index in [9.17, 15) is 19.2 Å². The number of hydrogen-bond acceptors (Lipinski definition) is 4. The maximum Gasteiger partial charge on any atom is 0.251 e. The molecule has 5 saturated carbocycles. The Morgan fingerprint density at radius 3 is 0.469 bits per heavy atom. The lowest BCUT2D eigenvalue weighted by atomic mass is 9.60. The minimum atomic E-state index is -0.139. The van der Waals surface area contributed by atoms with Gasteiger partial charge in [0.2, 0.25) is 0 Å². The van der Waals surface area contributed by atoms with Gasteiger partial charge in [0.05, 0.1) is 0 Å². The summed E-state index contributed by atoms with van der Waals surface area (Å²) >= 11 is -0.278. The fourth-order valence-electron chi connectivity index (χ4n) is 16.6. The molecule has 0 atom stereocenters. The monoisotopic (exact) mass is 1800 g/mol. The van der Waals surface area contributed by atoms with Crippen LogP contribution in [0.4, 0.5) is 0 Å². The van der Waals surface area contributed by atoms with Crippen LogP contribution in [0.5, 0.6) is 0 Å². The highest BCUT2D eigenvalue weighted by Crippen LogP contribution is 2.50. The zero-order valence-electron chi connectivity index (χ0n) is 88.4. The molecule has 0 saturated heterocycles. The summed E-state index contributed by atoms with van der Waals surface area (Å²) < 4.78 is 0. The summed E-state index contributed by atoms with van der Waals surface area (Å²) in [6, 6.07) is 88.0. The molecule has 5 aliphatic rings. The zero-order valence-corrected chi connectivity index (χ0v) is 90.7. The summed E-state index contributed by atoms with van der Waals surface area (Å²) in [5, 5.41) is 0. The van der Waals surface area contributed by atoms with Crippen molar-refractivity contribution in [2.45, 2.75) is 394 Å². The Bertz CT molecular complexity index is 4240. The van der Waals surface area contributed by atoms with Gasteiger partial charge >= 0.3 is 0 Å². The quantitative estimate of drug-likeness (QED) is 0.128. The van der Waals surface area contributed by atoms with Gasteiger partial charge in [0.1, 0.15) is 23.1 Å². The average Bonchev–Trinajstić information content (AvgIpc) is 1.27. The third-order valence-corrected chi connectivity index (χ3v) is 23.0. The van der Waals surface area contributed by atoms with E-state index in [-0.39, 0.29) is 70.2 Å². The molecule has 6 heteroatoms. The van der Waals surface area contributed by atoms with Gasteiger partial charge in [-0.1, -0.05) is 464 Å². The van der Waals surface area contributed by atoms with E-state index in [2.05, 4.69) is 347 Å². The average molecular weight is 1800 g/mol. The van der Waals surface area contributed by atoms with E-state index in [0.29, 0.717) is 68.1 Å². The molecule has 10 aromatic carbocycles. The summed E-state index contributed by atoms with van der Waals surface area (Å²) in [4.78, 5) is 47.4. The number of benzene rings is 10. The van der Waals surface area contributed by atoms with E-state index in [4.69, 9.17) is 0 Å². The highest BCUT2D eigenvalue weighted by molar-refractivity contribution is 6.54. The Hall–Kier alpha value is -8.06. The predicted octanol–water partition coefficient (Wildman–Crippen LogP) is 37.2. The standard InChI is InChI=1S/2C20H22O.C19H20O.C19H22.C18H18O.10C2H6.2CH4.6CH3.2Al/c1-15-3-7-17(8-4-15)20(13-11-19(21)12-14-20)18-9-5-16(2)6-10-18;1-15-5-9-17(10-6-15)20(13-3-4-19(21)14-20)18-11-7-16(2)8-12-18;1-14-3-7-16(8-4-14)19(12-11-18(20)13-19)17-9-5-15(2)6-10-17;1-15-5-9-17(10-6-15)19(13-3-4-14-19)18-11-7-16(2)8-12-18;1-13-3-7-15(8-4-13)18(11-17(19)12-18)16-9-5-14(2)6-10-16;10*1-2;;;;;;;;;;/h3-10H,11-14H2,1-2H3;5-12H,3-4,13-14H2,1-2H3;3-10H,11-13H2,1-2H3;5-12H,3-4,13-14H2,1-2H3;3-10H,11-12H2,1-2H3;10*1-2H3;2*1H4;6*1H3;;. The van der Waals surface area contributed by atoms with Crippen LogP contribution in [-0.4, -0.2) is 51.4 Å². The Kier molecular flexibility index (Phi) is 69.7. The number of carbonyl (C=O) groups excluding carboxylic acids is 4. The van der Waals surface area contributed by atoms with Crippen molar-refractivity contribution in [1.82, 2.24) is 0 Å². The highest BCUT2D eigenvalue weighted by atomic mass is 27.2. The molecule has 0 unspecified atom stereocenters. The van der Waals surface area contributed by atoms with Crippen LogP contribution < -0.4 is 0 Å². The largest absolute Gasteiger partial charge is 0.300 e. The SMILES string of the molecule is C.C.CC.CC.CC.CC.CC.CC.CC.CC.CC.CC.Cc1ccc(C2(c3ccc(C)cc3)CC(=O)C2)cc1.Cc1ccc(C2(c3ccc(C)cc3)CCC(=O)C2)cc1.Cc1ccc(C2(c3ccc(C)cc3)CCC(=O)CC2)cc1.Cc1ccc(C2(c3ccc(C)cc3)CCCC(=O)C2)cc1.Cc1ccc(C2(c3ccc(C)cc3)CCCC2)cc1.[CH3][Al]([CH3])[CH3].[CH3][Al]([CH3])[CH3]. The van der Waals surface area contributed by atoms with Crippen molar-refractivity contribution >= 4 is 51.4 Å². The van der Waals surface area contributed by atoms with Crippen LogP contribution in [0.1, 0.15) is 374 Å². The first-order chi connectivity index (χ1) is 61.6. The van der Waals surface area contributed by atoms with Crippen LogP contribution >= 0.6 is 0 Å². The van der Waals surface area contributed by atoms with Crippen molar-refractivity contribution in [3.8, 4) is 0 Å². The van der Waals surface area contributed by atoms with Crippen LogP contribution in [0.2, 0.25) is 34.7 Å². The molecule has 130 heavy (non-hydrogen) atoms.